The third-order valence-corrected chi connectivity index (χ3v) is 16.2. The van der Waals surface area contributed by atoms with Crippen LogP contribution >= 0.6 is 22.9 Å². The number of fused-ring (bicyclic) bond motifs is 3. The number of hydrogen-bond acceptors (Lipinski definition) is 15. The van der Waals surface area contributed by atoms with Crippen LogP contribution < -0.4 is 9.80 Å². The smallest absolute Gasteiger partial charge is 0.110 e. The summed E-state index contributed by atoms with van der Waals surface area (Å²) in [5, 5.41) is 22.1. The molecule has 0 N–H and O–H groups in total. The first-order valence-electron chi connectivity index (χ1n) is 29.8. The number of nitrogens with zero attached hydrogens (tertiary/aromatic N) is 17. The normalized spacial score (nSPS) is 12.7. The Balaban J connectivity index is 0.000000191. The number of aryl methyl sites for hydroxylation is 3. The number of aromatic nitrogens is 14. The van der Waals surface area contributed by atoms with Gasteiger partial charge in [0.05, 0.1) is 23.4 Å². The van der Waals surface area contributed by atoms with E-state index < -0.39 is 0 Å². The molecule has 3 aliphatic rings. The molecule has 0 spiro atoms. The molecule has 100 heavy (non-hydrogen) atoms. The fourth-order valence-electron chi connectivity index (χ4n) is 10.3. The molecule has 519 valence electrons. The summed E-state index contributed by atoms with van der Waals surface area (Å²) < 4.78 is 11.1. The molecule has 17 rings (SSSR count). The van der Waals surface area contributed by atoms with Gasteiger partial charge in [0.25, 0.3) is 0 Å². The second-order valence-corrected chi connectivity index (χ2v) is 23.1. The Morgan fingerprint density at radius 3 is 2.04 bits per heavy atom. The van der Waals surface area contributed by atoms with Crippen molar-refractivity contribution in [3.63, 3.8) is 0 Å². The van der Waals surface area contributed by atoms with Crippen molar-refractivity contribution in [3.8, 4) is 62.2 Å². The molecule has 0 bridgehead atoms. The van der Waals surface area contributed by atoms with E-state index in [0.717, 1.165) is 67.9 Å². The maximum absolute atomic E-state index is 4.82. The zero-order valence-corrected chi connectivity index (χ0v) is 69.8. The molecule has 14 aromatic rings. The molecule has 11 heterocycles. The molecule has 0 saturated heterocycles. The van der Waals surface area contributed by atoms with Crippen LogP contribution in [0.5, 0.6) is 0 Å². The van der Waals surface area contributed by atoms with E-state index in [2.05, 4.69) is 194 Å². The van der Waals surface area contributed by atoms with Crippen LogP contribution in [-0.2, 0) is 148 Å². The molecule has 5 radical (unpaired) electrons. The minimum absolute atomic E-state index is 0. The first kappa shape index (κ1) is 81.2. The minimum atomic E-state index is 0. The number of allylic oxidation sites excluding steroid dienone is 1. The van der Waals surface area contributed by atoms with Crippen molar-refractivity contribution < 1.29 is 122 Å². The molecule has 9 aromatic heterocycles. The van der Waals surface area contributed by atoms with Crippen molar-refractivity contribution in [2.75, 3.05) is 9.80 Å². The fourth-order valence-corrected chi connectivity index (χ4v) is 11.4. The predicted octanol–water partition coefficient (Wildman–Crippen LogP) is 14.8. The average Bonchev–Trinajstić information content (AvgIpc) is 1.59. The van der Waals surface area contributed by atoms with E-state index in [4.69, 9.17) is 4.99 Å². The second kappa shape index (κ2) is 40.0. The van der Waals surface area contributed by atoms with E-state index in [0.29, 0.717) is 5.82 Å². The molecule has 25 heteroatoms. The van der Waals surface area contributed by atoms with Gasteiger partial charge >= 0.3 is 0 Å². The Bertz CT molecular complexity index is 4750. The summed E-state index contributed by atoms with van der Waals surface area (Å²) >= 11 is 3.01. The Morgan fingerprint density at radius 1 is 0.600 bits per heavy atom. The maximum atomic E-state index is 4.82. The summed E-state index contributed by atoms with van der Waals surface area (Å²) in [5.41, 5.74) is 16.8. The number of hydrogen-bond donors (Lipinski definition) is 0. The summed E-state index contributed by atoms with van der Waals surface area (Å²) in [7, 11) is 5.78. The van der Waals surface area contributed by atoms with E-state index in [-0.39, 0.29) is 133 Å². The number of rotatable bonds is 9. The molecule has 1 unspecified atom stereocenters. The van der Waals surface area contributed by atoms with Gasteiger partial charge in [0.15, 0.2) is 0 Å². The second-order valence-electron chi connectivity index (χ2n) is 21.7. The van der Waals surface area contributed by atoms with Gasteiger partial charge in [-0.1, -0.05) is 157 Å². The van der Waals surface area contributed by atoms with E-state index >= 15 is 0 Å². The van der Waals surface area contributed by atoms with Crippen LogP contribution in [0.15, 0.2) is 266 Å². The van der Waals surface area contributed by atoms with E-state index in [1.54, 1.807) is 65.6 Å². The van der Waals surface area contributed by atoms with Crippen LogP contribution in [0.2, 0.25) is 0 Å². The van der Waals surface area contributed by atoms with E-state index in [1.807, 2.05) is 162 Å². The Labute approximate surface area is 672 Å². The summed E-state index contributed by atoms with van der Waals surface area (Å²) in [4.78, 5) is 29.2. The van der Waals surface area contributed by atoms with Gasteiger partial charge in [-0.25, -0.2) is 11.2 Å². The number of imidazole rings is 1. The average molecular weight is 2420 g/mol. The van der Waals surface area contributed by atoms with Crippen LogP contribution in [0.4, 0.5) is 11.4 Å². The van der Waals surface area contributed by atoms with E-state index in [1.165, 1.54) is 45.7 Å². The summed E-state index contributed by atoms with van der Waals surface area (Å²) in [6.45, 7) is 6.63. The molecule has 2 aliphatic heterocycles. The number of para-hydroxylation sites is 1. The van der Waals surface area contributed by atoms with Gasteiger partial charge in [-0.3, -0.25) is 45.0 Å². The number of aliphatic imine (C=N–C) groups is 1. The third-order valence-electron chi connectivity index (χ3n) is 15.1. The van der Waals surface area contributed by atoms with Gasteiger partial charge in [-0.2, -0.15) is 21.0 Å². The van der Waals surface area contributed by atoms with Crippen LogP contribution in [0.1, 0.15) is 42.1 Å². The molecular formula is C75H60Ir5N17PtS2-7. The summed E-state index contributed by atoms with van der Waals surface area (Å²) in [6.07, 6.45) is 30.2. The summed E-state index contributed by atoms with van der Waals surface area (Å²) in [5.74, 6) is 2.35. The van der Waals surface area contributed by atoms with Gasteiger partial charge in [-0.05, 0) is 70.8 Å². The first-order chi connectivity index (χ1) is 46.1. The molecule has 0 fully saturated rings. The van der Waals surface area contributed by atoms with Crippen LogP contribution in [0, 0.1) is 43.2 Å². The monoisotopic (exact) mass is 2420 g/mol. The standard InChI is InChI=1S/C21H15N2.C19H17N2.C13H10N2S.C9H8N3.C7H5N4.C6H5N4S.5Ir.Pt/c1-2-7-16(8-3-1)20-12-13-21(23-20)18-10-6-9-17(15-18)19-11-4-5-14-22-19;1-19(2)16-7-5-4-6-14(16)15-9-8-13(12-17(15)19)18-10-11-21(3)20-18;1-2-4-12(5-3-1)14-7-8-15(11-14)13-6-9-16-10-13;1-12-6-5-11-9(12)8-3-2-4-10-7-8;1-3-10-11(5-1)7-2-4-8-6-9-7;1-10-4-7-9-6(10)5-2-8-11-3-5;;;;;;/h1-9,11-15,20H;4-7,9-12H,1-3H3;1-5,7-11H;2,4-7H,1H3;1,3-6H;3-4H,1H3;;;;;;/q2*-1;-2;3*-1;;;;;;. The molecule has 0 saturated carbocycles. The van der Waals surface area contributed by atoms with Crippen LogP contribution in [-0.4, -0.2) is 73.9 Å². The van der Waals surface area contributed by atoms with Crippen molar-refractivity contribution in [1.29, 1.82) is 0 Å². The molecule has 1 aliphatic carbocycles. The Hall–Kier alpha value is -7.73. The Kier molecular flexibility index (Phi) is 32.5. The van der Waals surface area contributed by atoms with Gasteiger partial charge in [0, 0.05) is 191 Å². The van der Waals surface area contributed by atoms with Crippen molar-refractivity contribution in [1.82, 2.24) is 68.2 Å². The zero-order chi connectivity index (χ0) is 64.5. The number of thiophene rings is 1. The minimum Gasteiger partial charge on any atom is -0.509 e. The topological polar surface area (TPSA) is 167 Å². The van der Waals surface area contributed by atoms with Crippen molar-refractivity contribution in [2.45, 2.75) is 25.3 Å². The SMILES string of the molecule is Cn1ccc(-c2[c-]cc3c(c2)C(C)(C)c2ccccc2-3)n1.Cn1ccnc1-c1[c-]ccnc1.Cn1cnnc1-c1[c-]nsc1.[Ir].[Ir].[Ir].[Ir].[Ir].[Pt].[c-]1ccc(-c2ccccn2)cc1C1=NC(c2ccccc2)C=C1.[c-]1cncnc1-n1cccn1.[c-]1cscc1N1C=CN(c2ccccc2)[CH-]1. The molecule has 17 nitrogen and oxygen atoms in total. The van der Waals surface area contributed by atoms with Gasteiger partial charge in [0.1, 0.15) is 12.7 Å². The van der Waals surface area contributed by atoms with E-state index in [9.17, 15) is 0 Å². The fraction of sp³-hybridized carbons (Fsp3) is 0.0933. The van der Waals surface area contributed by atoms with Crippen molar-refractivity contribution >= 4 is 40.0 Å². The van der Waals surface area contributed by atoms with Crippen LogP contribution in [0.25, 0.3) is 62.2 Å². The molecule has 5 aromatic carbocycles. The zero-order valence-electron chi connectivity index (χ0n) is 53.9. The molecule has 1 atom stereocenters. The van der Waals surface area contributed by atoms with Gasteiger partial charge in [-0.15, -0.1) is 112 Å². The molecular weight excluding hydrogens is 2360 g/mol. The number of anilines is 2. The van der Waals surface area contributed by atoms with Gasteiger partial charge in [0.2, 0.25) is 0 Å². The largest absolute Gasteiger partial charge is 0.509 e. The predicted molar refractivity (Wildman–Crippen MR) is 371 cm³/mol. The summed E-state index contributed by atoms with van der Waals surface area (Å²) in [6, 6.07) is 67.1. The first-order valence-corrected chi connectivity index (χ1v) is 31.5. The molecule has 0 amide bonds. The van der Waals surface area contributed by atoms with Crippen molar-refractivity contribution in [2.24, 2.45) is 26.1 Å². The quantitative estimate of drug-likeness (QED) is 0.126. The van der Waals surface area contributed by atoms with Gasteiger partial charge < -0.3 is 35.0 Å². The maximum Gasteiger partial charge on any atom is 0.110 e. The van der Waals surface area contributed by atoms with Crippen molar-refractivity contribution in [3.05, 3.63) is 326 Å². The van der Waals surface area contributed by atoms with Crippen LogP contribution in [0.3, 0.4) is 0 Å². The number of pyridine rings is 2. The Morgan fingerprint density at radius 2 is 1.38 bits per heavy atom. The third kappa shape index (κ3) is 20.7. The number of benzene rings is 5.